The molecule has 0 aliphatic rings. The van der Waals surface area contributed by atoms with Crippen LogP contribution in [0.1, 0.15) is 252 Å². The minimum atomic E-state index is -0.834. The minimum absolute atomic E-state index is 0.121. The van der Waals surface area contributed by atoms with Gasteiger partial charge in [0.15, 0.2) is 6.10 Å². The quantitative estimate of drug-likeness (QED) is 0.0261. The fraction of sp³-hybridized carbons (Fsp3) is 0.646. The van der Waals surface area contributed by atoms with Crippen molar-refractivity contribution in [2.24, 2.45) is 0 Å². The zero-order valence-electron chi connectivity index (χ0n) is 45.9. The maximum Gasteiger partial charge on any atom is 0.306 e. The van der Waals surface area contributed by atoms with Crippen LogP contribution in [-0.4, -0.2) is 37.2 Å². The number of carbonyl (C=O) groups excluding carboxylic acids is 3. The van der Waals surface area contributed by atoms with Crippen LogP contribution in [-0.2, 0) is 28.6 Å². The summed E-state index contributed by atoms with van der Waals surface area (Å²) in [6, 6.07) is 0. The van der Waals surface area contributed by atoms with Crippen LogP contribution in [0.5, 0.6) is 0 Å². The fourth-order valence-electron chi connectivity index (χ4n) is 7.58. The lowest BCUT2D eigenvalue weighted by molar-refractivity contribution is -0.167. The topological polar surface area (TPSA) is 78.9 Å². The summed E-state index contributed by atoms with van der Waals surface area (Å²) in [6.07, 6.45) is 80.6. The Balaban J connectivity index is 4.55. The third-order valence-corrected chi connectivity index (χ3v) is 11.9. The molecule has 402 valence electrons. The molecule has 0 bridgehead atoms. The lowest BCUT2D eigenvalue weighted by atomic mass is 10.1. The van der Waals surface area contributed by atoms with Gasteiger partial charge in [-0.25, -0.2) is 0 Å². The molecular weight excluding hydrogens is 877 g/mol. The number of hydrogen-bond acceptors (Lipinski definition) is 6. The maximum absolute atomic E-state index is 12.8. The van der Waals surface area contributed by atoms with Crippen LogP contribution < -0.4 is 0 Å². The second kappa shape index (κ2) is 58.4. The number of unbranched alkanes of at least 4 members (excludes halogenated alkanes) is 20. The summed E-state index contributed by atoms with van der Waals surface area (Å²) in [4.78, 5) is 38.1. The van der Waals surface area contributed by atoms with Crippen LogP contribution in [0.4, 0.5) is 0 Å². The highest BCUT2D eigenvalue weighted by atomic mass is 16.6. The van der Waals surface area contributed by atoms with Crippen LogP contribution in [0, 0.1) is 0 Å². The molecule has 0 rings (SSSR count). The summed E-state index contributed by atoms with van der Waals surface area (Å²) < 4.78 is 16.8. The van der Waals surface area contributed by atoms with Gasteiger partial charge in [0.2, 0.25) is 0 Å². The number of allylic oxidation sites excluding steroid dienone is 20. The van der Waals surface area contributed by atoms with E-state index in [9.17, 15) is 14.4 Å². The molecule has 0 radical (unpaired) electrons. The third-order valence-electron chi connectivity index (χ3n) is 11.9. The molecule has 0 heterocycles. The minimum Gasteiger partial charge on any atom is -0.462 e. The van der Waals surface area contributed by atoms with Crippen LogP contribution in [0.3, 0.4) is 0 Å². The molecule has 0 unspecified atom stereocenters. The molecule has 6 nitrogen and oxygen atoms in total. The van der Waals surface area contributed by atoms with Gasteiger partial charge in [-0.05, 0) is 122 Å². The summed E-state index contributed by atoms with van der Waals surface area (Å²) in [7, 11) is 0. The van der Waals surface area contributed by atoms with E-state index in [-0.39, 0.29) is 44.0 Å². The van der Waals surface area contributed by atoms with Gasteiger partial charge in [0.05, 0.1) is 0 Å². The number of ether oxygens (including phenoxy) is 3. The van der Waals surface area contributed by atoms with Crippen molar-refractivity contribution in [3.05, 3.63) is 122 Å². The standard InChI is InChI=1S/C65H106O6/c1-4-7-10-13-16-19-22-25-28-31-32-35-37-40-43-46-49-52-55-58-64(67)70-61-62(71-65(68)59-56-53-50-47-44-41-38-34-30-27-24-21-18-15-12-9-6-3)60-69-63(66)57-54-51-48-45-42-39-36-33-29-26-23-20-17-14-11-8-5-2/h9,12,16,18-19,21,25-30,36,38-39,41,45,47-48,50,62H,4-8,10-11,13-15,17,20,22-24,31-35,37,40,42-44,46,49,51-61H2,1-3H3/b12-9-,19-16-,21-18-,28-25-,29-26-,30-27-,39-36-,41-38-,48-45-,50-47-/t62-/m0/s1. The fourth-order valence-corrected chi connectivity index (χ4v) is 7.58. The molecule has 6 heteroatoms. The molecule has 0 aromatic rings. The summed E-state index contributed by atoms with van der Waals surface area (Å²) in [5.41, 5.74) is 0. The Morgan fingerprint density at radius 2 is 0.563 bits per heavy atom. The van der Waals surface area contributed by atoms with Gasteiger partial charge in [-0.1, -0.05) is 232 Å². The summed E-state index contributed by atoms with van der Waals surface area (Å²) in [5, 5.41) is 0. The van der Waals surface area contributed by atoms with Crippen LogP contribution >= 0.6 is 0 Å². The Hall–Kier alpha value is -4.19. The Kier molecular flexibility index (Phi) is 54.9. The number of carbonyl (C=O) groups is 3. The smallest absolute Gasteiger partial charge is 0.306 e. The Labute approximate surface area is 437 Å². The summed E-state index contributed by atoms with van der Waals surface area (Å²) >= 11 is 0. The van der Waals surface area contributed by atoms with E-state index in [1.165, 1.54) is 116 Å². The van der Waals surface area contributed by atoms with Gasteiger partial charge < -0.3 is 14.2 Å². The molecule has 0 aromatic carbocycles. The Bertz CT molecular complexity index is 1500. The van der Waals surface area contributed by atoms with E-state index in [4.69, 9.17) is 14.2 Å². The predicted octanol–water partition coefficient (Wildman–Crippen LogP) is 19.6. The molecule has 1 atom stereocenters. The van der Waals surface area contributed by atoms with Crippen molar-refractivity contribution < 1.29 is 28.6 Å². The highest BCUT2D eigenvalue weighted by molar-refractivity contribution is 5.71. The largest absolute Gasteiger partial charge is 0.462 e. The van der Waals surface area contributed by atoms with Crippen molar-refractivity contribution >= 4 is 17.9 Å². The molecule has 0 N–H and O–H groups in total. The zero-order valence-corrected chi connectivity index (χ0v) is 45.9. The Morgan fingerprint density at radius 1 is 0.296 bits per heavy atom. The van der Waals surface area contributed by atoms with Crippen LogP contribution in [0.25, 0.3) is 0 Å². The van der Waals surface area contributed by atoms with E-state index in [0.29, 0.717) is 19.3 Å². The van der Waals surface area contributed by atoms with E-state index in [0.717, 1.165) is 83.5 Å². The monoisotopic (exact) mass is 983 g/mol. The number of rotatable bonds is 51. The highest BCUT2D eigenvalue weighted by Gasteiger charge is 2.19. The van der Waals surface area contributed by atoms with Crippen molar-refractivity contribution in [2.45, 2.75) is 258 Å². The van der Waals surface area contributed by atoms with Gasteiger partial charge in [-0.15, -0.1) is 0 Å². The van der Waals surface area contributed by atoms with Gasteiger partial charge in [-0.2, -0.15) is 0 Å². The highest BCUT2D eigenvalue weighted by Crippen LogP contribution is 2.14. The van der Waals surface area contributed by atoms with Crippen molar-refractivity contribution in [1.82, 2.24) is 0 Å². The van der Waals surface area contributed by atoms with Crippen molar-refractivity contribution in [3.63, 3.8) is 0 Å². The second-order valence-corrected chi connectivity index (χ2v) is 18.8. The molecule has 0 aliphatic carbocycles. The van der Waals surface area contributed by atoms with E-state index in [2.05, 4.69) is 142 Å². The van der Waals surface area contributed by atoms with E-state index < -0.39 is 6.10 Å². The predicted molar refractivity (Wildman–Crippen MR) is 306 cm³/mol. The van der Waals surface area contributed by atoms with Gasteiger partial charge in [-0.3, -0.25) is 14.4 Å². The molecular formula is C65H106O6. The normalized spacial score (nSPS) is 13.0. The van der Waals surface area contributed by atoms with Crippen LogP contribution in [0.15, 0.2) is 122 Å². The Morgan fingerprint density at radius 3 is 0.944 bits per heavy atom. The molecule has 0 aliphatic heterocycles. The van der Waals surface area contributed by atoms with Crippen molar-refractivity contribution in [1.29, 1.82) is 0 Å². The molecule has 0 fully saturated rings. The first-order chi connectivity index (χ1) is 35.0. The first kappa shape index (κ1) is 66.8. The molecule has 71 heavy (non-hydrogen) atoms. The SMILES string of the molecule is CC/C=C\C/C=C\C/C=C\C/C=C\C/C=C\CCCC(=O)O[C@@H](COC(=O)CCC/C=C\C/C=C\C/C=C\CCCCCCCC)COC(=O)CCCCCCCCCCC/C=C\C/C=C\CCCCC. The van der Waals surface area contributed by atoms with Gasteiger partial charge in [0.1, 0.15) is 13.2 Å². The summed E-state index contributed by atoms with van der Waals surface area (Å²) in [6.45, 7) is 6.40. The van der Waals surface area contributed by atoms with Crippen molar-refractivity contribution in [3.8, 4) is 0 Å². The van der Waals surface area contributed by atoms with Gasteiger partial charge in [0, 0.05) is 19.3 Å². The van der Waals surface area contributed by atoms with Gasteiger partial charge in [0.25, 0.3) is 0 Å². The van der Waals surface area contributed by atoms with E-state index in [1.54, 1.807) is 0 Å². The lowest BCUT2D eigenvalue weighted by Crippen LogP contribution is -2.30. The molecule has 0 spiro atoms. The van der Waals surface area contributed by atoms with E-state index in [1.807, 2.05) is 0 Å². The molecule has 0 saturated heterocycles. The second-order valence-electron chi connectivity index (χ2n) is 18.8. The maximum atomic E-state index is 12.8. The third kappa shape index (κ3) is 56.6. The average molecular weight is 984 g/mol. The average Bonchev–Trinajstić information content (AvgIpc) is 3.37. The summed E-state index contributed by atoms with van der Waals surface area (Å²) in [5.74, 6) is -1.04. The van der Waals surface area contributed by atoms with Crippen LogP contribution in [0.2, 0.25) is 0 Å². The lowest BCUT2D eigenvalue weighted by Gasteiger charge is -2.18. The number of hydrogen-bond donors (Lipinski definition) is 0. The molecule has 0 aromatic heterocycles. The first-order valence-corrected chi connectivity index (χ1v) is 29.0. The number of esters is 3. The van der Waals surface area contributed by atoms with Crippen molar-refractivity contribution in [2.75, 3.05) is 13.2 Å². The molecule has 0 amide bonds. The molecule has 0 saturated carbocycles. The first-order valence-electron chi connectivity index (χ1n) is 29.0. The zero-order chi connectivity index (χ0) is 51.4. The van der Waals surface area contributed by atoms with E-state index >= 15 is 0 Å². The van der Waals surface area contributed by atoms with Gasteiger partial charge >= 0.3 is 17.9 Å².